The first-order valence-electron chi connectivity index (χ1n) is 6.50. The molecule has 1 aliphatic rings. The van der Waals surface area contributed by atoms with E-state index in [-0.39, 0.29) is 5.91 Å². The minimum absolute atomic E-state index is 0.0359. The number of hydrogen-bond donors (Lipinski definition) is 1. The van der Waals surface area contributed by atoms with Gasteiger partial charge in [0.05, 0.1) is 10.0 Å². The fraction of sp³-hybridized carbons (Fsp3) is 0.500. The highest BCUT2D eigenvalue weighted by Crippen LogP contribution is 2.26. The van der Waals surface area contributed by atoms with Crippen molar-refractivity contribution >= 4 is 27.5 Å². The second-order valence-corrected chi connectivity index (χ2v) is 5.95. The SMILES string of the molecule is CN1CCC(N(C)C(=O)c2cccc(N)c2Br)CC1. The third kappa shape index (κ3) is 3.09. The first kappa shape index (κ1) is 14.3. The molecule has 1 heterocycles. The quantitative estimate of drug-likeness (QED) is 0.848. The monoisotopic (exact) mass is 325 g/mol. The van der Waals surface area contributed by atoms with Gasteiger partial charge in [-0.15, -0.1) is 0 Å². The van der Waals surface area contributed by atoms with Gasteiger partial charge in [-0.1, -0.05) is 6.07 Å². The highest BCUT2D eigenvalue weighted by atomic mass is 79.9. The van der Waals surface area contributed by atoms with Crippen LogP contribution in [0.25, 0.3) is 0 Å². The van der Waals surface area contributed by atoms with Crippen LogP contribution in [0.3, 0.4) is 0 Å². The topological polar surface area (TPSA) is 49.6 Å². The molecule has 0 aromatic heterocycles. The molecule has 5 heteroatoms. The lowest BCUT2D eigenvalue weighted by Crippen LogP contribution is -2.44. The fourth-order valence-electron chi connectivity index (χ4n) is 2.45. The summed E-state index contributed by atoms with van der Waals surface area (Å²) in [5.74, 6) is 0.0359. The van der Waals surface area contributed by atoms with Crippen molar-refractivity contribution in [2.45, 2.75) is 18.9 Å². The summed E-state index contributed by atoms with van der Waals surface area (Å²) in [7, 11) is 4.00. The predicted molar refractivity (Wildman–Crippen MR) is 81.2 cm³/mol. The van der Waals surface area contributed by atoms with Crippen molar-refractivity contribution in [3.05, 3.63) is 28.2 Å². The number of nitrogens with two attached hydrogens (primary N) is 1. The molecule has 1 aliphatic heterocycles. The standard InChI is InChI=1S/C14H20BrN3O/c1-17-8-6-10(7-9-17)18(2)14(19)11-4-3-5-12(16)13(11)15/h3-5,10H,6-9,16H2,1-2H3. The van der Waals surface area contributed by atoms with Gasteiger partial charge in [0.1, 0.15) is 0 Å². The summed E-state index contributed by atoms with van der Waals surface area (Å²) in [4.78, 5) is 16.7. The maximum absolute atomic E-state index is 12.5. The van der Waals surface area contributed by atoms with E-state index >= 15 is 0 Å². The van der Waals surface area contributed by atoms with Crippen LogP contribution in [0, 0.1) is 0 Å². The van der Waals surface area contributed by atoms with Gasteiger partial charge in [0.2, 0.25) is 0 Å². The van der Waals surface area contributed by atoms with E-state index in [1.54, 1.807) is 6.07 Å². The van der Waals surface area contributed by atoms with Crippen molar-refractivity contribution < 1.29 is 4.79 Å². The summed E-state index contributed by atoms with van der Waals surface area (Å²) < 4.78 is 0.694. The zero-order valence-electron chi connectivity index (χ0n) is 11.4. The molecule has 0 bridgehead atoms. The van der Waals surface area contributed by atoms with Gasteiger partial charge in [-0.25, -0.2) is 0 Å². The first-order chi connectivity index (χ1) is 9.00. The molecule has 4 nitrogen and oxygen atoms in total. The zero-order chi connectivity index (χ0) is 14.0. The van der Waals surface area contributed by atoms with Gasteiger partial charge in [-0.3, -0.25) is 4.79 Å². The Bertz CT molecular complexity index is 470. The minimum Gasteiger partial charge on any atom is -0.398 e. The number of likely N-dealkylation sites (tertiary alicyclic amines) is 1. The predicted octanol–water partition coefficient (Wildman–Crippen LogP) is 2.20. The molecule has 104 valence electrons. The molecule has 1 aromatic rings. The van der Waals surface area contributed by atoms with Crippen LogP contribution in [0.2, 0.25) is 0 Å². The summed E-state index contributed by atoms with van der Waals surface area (Å²) in [6, 6.07) is 5.73. The largest absolute Gasteiger partial charge is 0.398 e. The molecule has 0 unspecified atom stereocenters. The molecule has 0 radical (unpaired) electrons. The number of piperidine rings is 1. The molecule has 1 amide bonds. The van der Waals surface area contributed by atoms with E-state index < -0.39 is 0 Å². The molecule has 1 fully saturated rings. The maximum atomic E-state index is 12.5. The number of nitrogens with zero attached hydrogens (tertiary/aromatic N) is 2. The Morgan fingerprint density at radius 1 is 1.42 bits per heavy atom. The van der Waals surface area contributed by atoms with Crippen molar-refractivity contribution in [2.24, 2.45) is 0 Å². The number of hydrogen-bond acceptors (Lipinski definition) is 3. The highest BCUT2D eigenvalue weighted by molar-refractivity contribution is 9.10. The van der Waals surface area contributed by atoms with Gasteiger partial charge >= 0.3 is 0 Å². The molecule has 2 rings (SSSR count). The highest BCUT2D eigenvalue weighted by Gasteiger charge is 2.25. The van der Waals surface area contributed by atoms with Gasteiger partial charge in [0.25, 0.3) is 5.91 Å². The summed E-state index contributed by atoms with van der Waals surface area (Å²) >= 11 is 3.40. The van der Waals surface area contributed by atoms with Crippen LogP contribution in [-0.2, 0) is 0 Å². The lowest BCUT2D eigenvalue weighted by atomic mass is 10.0. The molecule has 1 saturated heterocycles. The number of halogens is 1. The summed E-state index contributed by atoms with van der Waals surface area (Å²) in [5, 5.41) is 0. The number of rotatable bonds is 2. The molecular formula is C14H20BrN3O. The summed E-state index contributed by atoms with van der Waals surface area (Å²) in [6.45, 7) is 2.08. The van der Waals surface area contributed by atoms with Gasteiger partial charge < -0.3 is 15.5 Å². The normalized spacial score (nSPS) is 17.4. The minimum atomic E-state index is 0.0359. The Morgan fingerprint density at radius 3 is 2.68 bits per heavy atom. The summed E-state index contributed by atoms with van der Waals surface area (Å²) in [6.07, 6.45) is 2.05. The third-order valence-electron chi connectivity index (χ3n) is 3.82. The number of amides is 1. The Labute approximate surface area is 122 Å². The van der Waals surface area contributed by atoms with Crippen molar-refractivity contribution in [2.75, 3.05) is 32.9 Å². The van der Waals surface area contributed by atoms with Crippen LogP contribution < -0.4 is 5.73 Å². The number of carbonyl (C=O) groups is 1. The van der Waals surface area contributed by atoms with E-state index in [0.29, 0.717) is 21.8 Å². The molecule has 2 N–H and O–H groups in total. The van der Waals surface area contributed by atoms with E-state index in [1.165, 1.54) is 0 Å². The number of anilines is 1. The van der Waals surface area contributed by atoms with Crippen LogP contribution in [0.15, 0.2) is 22.7 Å². The summed E-state index contributed by atoms with van der Waals surface area (Å²) in [5.41, 5.74) is 7.07. The lowest BCUT2D eigenvalue weighted by Gasteiger charge is -2.35. The van der Waals surface area contributed by atoms with E-state index in [9.17, 15) is 4.79 Å². The molecule has 0 aliphatic carbocycles. The van der Waals surface area contributed by atoms with E-state index in [4.69, 9.17) is 5.73 Å². The molecule has 0 atom stereocenters. The first-order valence-corrected chi connectivity index (χ1v) is 7.29. The molecule has 0 spiro atoms. The van der Waals surface area contributed by atoms with Crippen LogP contribution in [0.1, 0.15) is 23.2 Å². The Morgan fingerprint density at radius 2 is 2.05 bits per heavy atom. The second-order valence-electron chi connectivity index (χ2n) is 5.16. The smallest absolute Gasteiger partial charge is 0.255 e. The fourth-order valence-corrected chi connectivity index (χ4v) is 2.89. The van der Waals surface area contributed by atoms with Crippen LogP contribution in [-0.4, -0.2) is 48.9 Å². The third-order valence-corrected chi connectivity index (χ3v) is 4.70. The van der Waals surface area contributed by atoms with Gasteiger partial charge in [-0.05, 0) is 61.0 Å². The van der Waals surface area contributed by atoms with Crippen LogP contribution in [0.4, 0.5) is 5.69 Å². The Hall–Kier alpha value is -1.07. The van der Waals surface area contributed by atoms with E-state index in [2.05, 4.69) is 27.9 Å². The van der Waals surface area contributed by atoms with Crippen molar-refractivity contribution in [1.29, 1.82) is 0 Å². The molecule has 19 heavy (non-hydrogen) atoms. The lowest BCUT2D eigenvalue weighted by molar-refractivity contribution is 0.0659. The number of benzene rings is 1. The molecule has 1 aromatic carbocycles. The van der Waals surface area contributed by atoms with Crippen molar-refractivity contribution in [3.63, 3.8) is 0 Å². The molecule has 0 saturated carbocycles. The maximum Gasteiger partial charge on any atom is 0.255 e. The molecular weight excluding hydrogens is 306 g/mol. The van der Waals surface area contributed by atoms with E-state index in [1.807, 2.05) is 24.1 Å². The number of carbonyl (C=O) groups excluding carboxylic acids is 1. The Kier molecular flexibility index (Phi) is 4.47. The second kappa shape index (κ2) is 5.92. The average Bonchev–Trinajstić information content (AvgIpc) is 2.41. The van der Waals surface area contributed by atoms with Gasteiger partial charge in [-0.2, -0.15) is 0 Å². The van der Waals surface area contributed by atoms with Crippen LogP contribution >= 0.6 is 15.9 Å². The number of nitrogen functional groups attached to an aromatic ring is 1. The van der Waals surface area contributed by atoms with Crippen LogP contribution in [0.5, 0.6) is 0 Å². The zero-order valence-corrected chi connectivity index (χ0v) is 13.0. The van der Waals surface area contributed by atoms with Crippen molar-refractivity contribution in [1.82, 2.24) is 9.80 Å². The Balaban J connectivity index is 2.13. The van der Waals surface area contributed by atoms with E-state index in [0.717, 1.165) is 25.9 Å². The van der Waals surface area contributed by atoms with Gasteiger partial charge in [0.15, 0.2) is 0 Å². The van der Waals surface area contributed by atoms with Gasteiger partial charge in [0, 0.05) is 18.8 Å². The van der Waals surface area contributed by atoms with Crippen molar-refractivity contribution in [3.8, 4) is 0 Å². The average molecular weight is 326 g/mol.